The zero-order chi connectivity index (χ0) is 10.5. The zero-order valence-corrected chi connectivity index (χ0v) is 9.39. The van der Waals surface area contributed by atoms with E-state index in [0.29, 0.717) is 0 Å². The van der Waals surface area contributed by atoms with Gasteiger partial charge in [0.1, 0.15) is 5.75 Å². The minimum absolute atomic E-state index is 0. The van der Waals surface area contributed by atoms with Crippen LogP contribution in [0.3, 0.4) is 0 Å². The lowest BCUT2D eigenvalue weighted by Crippen LogP contribution is -1.77. The van der Waals surface area contributed by atoms with Crippen LogP contribution >= 0.6 is 12.4 Å². The average Bonchev–Trinajstić information content (AvgIpc) is 2.29. The third kappa shape index (κ3) is 3.11. The molecule has 1 N–H and O–H groups in total. The van der Waals surface area contributed by atoms with Crippen molar-refractivity contribution >= 4 is 24.6 Å². The Bertz CT molecular complexity index is 468. The summed E-state index contributed by atoms with van der Waals surface area (Å²) in [6, 6.07) is 12.9. The average molecular weight is 234 g/mol. The van der Waals surface area contributed by atoms with Gasteiger partial charge >= 0.3 is 0 Å². The Morgan fingerprint density at radius 1 is 0.938 bits per heavy atom. The van der Waals surface area contributed by atoms with Crippen molar-refractivity contribution in [3.8, 4) is 5.75 Å². The van der Waals surface area contributed by atoms with Crippen molar-refractivity contribution < 1.29 is 5.11 Å². The van der Waals surface area contributed by atoms with Crippen LogP contribution in [0, 0.1) is 0 Å². The van der Waals surface area contributed by atoms with Gasteiger partial charge < -0.3 is 5.11 Å². The number of hydrogen-bond donors (Lipinski definition) is 1. The van der Waals surface area contributed by atoms with Crippen molar-refractivity contribution in [3.63, 3.8) is 0 Å². The molecule has 0 aliphatic rings. The minimum Gasteiger partial charge on any atom is -0.507 e. The number of phenols is 1. The Balaban J connectivity index is 0.00000128. The molecule has 0 saturated carbocycles. The van der Waals surface area contributed by atoms with E-state index in [0.717, 1.165) is 11.3 Å². The SMILES string of the molecule is Cl.Oc1ccccc1C=Cc1ccccn1. The molecular formula is C13H12ClNO. The molecular weight excluding hydrogens is 222 g/mol. The van der Waals surface area contributed by atoms with Crippen LogP contribution in [-0.2, 0) is 0 Å². The number of nitrogens with zero attached hydrogens (tertiary/aromatic N) is 1. The highest BCUT2D eigenvalue weighted by Gasteiger charge is 1.93. The number of halogens is 1. The summed E-state index contributed by atoms with van der Waals surface area (Å²) in [7, 11) is 0. The van der Waals surface area contributed by atoms with Gasteiger partial charge in [-0.3, -0.25) is 4.98 Å². The molecule has 82 valence electrons. The summed E-state index contributed by atoms with van der Waals surface area (Å²) in [6.45, 7) is 0. The topological polar surface area (TPSA) is 33.1 Å². The summed E-state index contributed by atoms with van der Waals surface area (Å²) in [6.07, 6.45) is 5.46. The largest absolute Gasteiger partial charge is 0.507 e. The Labute approximate surface area is 101 Å². The molecule has 0 spiro atoms. The second kappa shape index (κ2) is 5.93. The smallest absolute Gasteiger partial charge is 0.122 e. The van der Waals surface area contributed by atoms with Gasteiger partial charge in [0.25, 0.3) is 0 Å². The molecule has 16 heavy (non-hydrogen) atoms. The molecule has 1 aromatic carbocycles. The van der Waals surface area contributed by atoms with E-state index in [-0.39, 0.29) is 18.2 Å². The standard InChI is InChI=1S/C13H11NO.ClH/c15-13-7-2-1-5-11(13)8-9-12-6-3-4-10-14-12;/h1-10,15H;1H. The molecule has 0 bridgehead atoms. The minimum atomic E-state index is 0. The Hall–Kier alpha value is -1.80. The maximum absolute atomic E-state index is 9.52. The lowest BCUT2D eigenvalue weighted by Gasteiger charge is -1.96. The van der Waals surface area contributed by atoms with Crippen molar-refractivity contribution in [1.29, 1.82) is 0 Å². The summed E-state index contributed by atoms with van der Waals surface area (Å²) >= 11 is 0. The van der Waals surface area contributed by atoms with Gasteiger partial charge in [-0.25, -0.2) is 0 Å². The number of phenolic OH excluding ortho intramolecular Hbond substituents is 1. The molecule has 0 unspecified atom stereocenters. The normalized spacial score (nSPS) is 10.0. The first-order chi connectivity index (χ1) is 7.36. The lowest BCUT2D eigenvalue weighted by molar-refractivity contribution is 0.474. The predicted octanol–water partition coefficient (Wildman–Crippen LogP) is 3.38. The Morgan fingerprint density at radius 3 is 2.38 bits per heavy atom. The molecule has 1 heterocycles. The molecule has 2 aromatic rings. The number of hydrogen-bond acceptors (Lipinski definition) is 2. The molecule has 0 aliphatic heterocycles. The zero-order valence-electron chi connectivity index (χ0n) is 8.58. The first-order valence-electron chi connectivity index (χ1n) is 4.73. The molecule has 0 fully saturated rings. The van der Waals surface area contributed by atoms with Crippen molar-refractivity contribution in [2.24, 2.45) is 0 Å². The predicted molar refractivity (Wildman–Crippen MR) is 68.5 cm³/mol. The van der Waals surface area contributed by atoms with Crippen LogP contribution in [0.1, 0.15) is 11.3 Å². The number of rotatable bonds is 2. The van der Waals surface area contributed by atoms with E-state index in [9.17, 15) is 5.11 Å². The highest BCUT2D eigenvalue weighted by Crippen LogP contribution is 2.17. The van der Waals surface area contributed by atoms with Crippen LogP contribution in [0.25, 0.3) is 12.2 Å². The highest BCUT2D eigenvalue weighted by atomic mass is 35.5. The van der Waals surface area contributed by atoms with E-state index in [1.165, 1.54) is 0 Å². The molecule has 0 aliphatic carbocycles. The fourth-order valence-corrected chi connectivity index (χ4v) is 1.28. The van der Waals surface area contributed by atoms with Crippen LogP contribution in [0.5, 0.6) is 5.75 Å². The van der Waals surface area contributed by atoms with Gasteiger partial charge in [0.15, 0.2) is 0 Å². The lowest BCUT2D eigenvalue weighted by atomic mass is 10.2. The first kappa shape index (κ1) is 12.3. The molecule has 1 aromatic heterocycles. The van der Waals surface area contributed by atoms with E-state index in [1.807, 2.05) is 42.5 Å². The fraction of sp³-hybridized carbons (Fsp3) is 0. The van der Waals surface area contributed by atoms with Crippen molar-refractivity contribution in [1.82, 2.24) is 4.98 Å². The molecule has 0 radical (unpaired) electrons. The van der Waals surface area contributed by atoms with Crippen LogP contribution < -0.4 is 0 Å². The van der Waals surface area contributed by atoms with Gasteiger partial charge in [-0.15, -0.1) is 12.4 Å². The van der Waals surface area contributed by atoms with Crippen molar-refractivity contribution in [2.45, 2.75) is 0 Å². The second-order valence-corrected chi connectivity index (χ2v) is 3.15. The molecule has 2 nitrogen and oxygen atoms in total. The Kier molecular flexibility index (Phi) is 4.55. The van der Waals surface area contributed by atoms with E-state index < -0.39 is 0 Å². The van der Waals surface area contributed by atoms with Gasteiger partial charge in [0.2, 0.25) is 0 Å². The van der Waals surface area contributed by atoms with E-state index in [4.69, 9.17) is 0 Å². The summed E-state index contributed by atoms with van der Waals surface area (Å²) in [4.78, 5) is 4.16. The van der Waals surface area contributed by atoms with E-state index in [1.54, 1.807) is 18.3 Å². The molecule has 2 rings (SSSR count). The van der Waals surface area contributed by atoms with Crippen molar-refractivity contribution in [2.75, 3.05) is 0 Å². The van der Waals surface area contributed by atoms with Gasteiger partial charge in [-0.05, 0) is 30.4 Å². The molecule has 3 heteroatoms. The molecule has 0 atom stereocenters. The van der Waals surface area contributed by atoms with Gasteiger partial charge in [0.05, 0.1) is 5.69 Å². The fourth-order valence-electron chi connectivity index (χ4n) is 1.28. The number of benzene rings is 1. The van der Waals surface area contributed by atoms with Gasteiger partial charge in [-0.2, -0.15) is 0 Å². The monoisotopic (exact) mass is 233 g/mol. The van der Waals surface area contributed by atoms with Crippen LogP contribution in [-0.4, -0.2) is 10.1 Å². The summed E-state index contributed by atoms with van der Waals surface area (Å²) < 4.78 is 0. The van der Waals surface area contributed by atoms with E-state index in [2.05, 4.69) is 4.98 Å². The number of aromatic hydroxyl groups is 1. The van der Waals surface area contributed by atoms with Crippen LogP contribution in [0.15, 0.2) is 48.7 Å². The maximum atomic E-state index is 9.52. The van der Waals surface area contributed by atoms with Crippen molar-refractivity contribution in [3.05, 3.63) is 59.9 Å². The maximum Gasteiger partial charge on any atom is 0.122 e. The summed E-state index contributed by atoms with van der Waals surface area (Å²) in [5, 5.41) is 9.52. The van der Waals surface area contributed by atoms with Crippen LogP contribution in [0.2, 0.25) is 0 Å². The number of para-hydroxylation sites is 1. The quantitative estimate of drug-likeness (QED) is 0.863. The first-order valence-corrected chi connectivity index (χ1v) is 4.73. The number of aromatic nitrogens is 1. The van der Waals surface area contributed by atoms with Gasteiger partial charge in [0, 0.05) is 11.8 Å². The van der Waals surface area contributed by atoms with Crippen LogP contribution in [0.4, 0.5) is 0 Å². The number of pyridine rings is 1. The summed E-state index contributed by atoms with van der Waals surface area (Å²) in [5.41, 5.74) is 1.67. The second-order valence-electron chi connectivity index (χ2n) is 3.15. The third-order valence-electron chi connectivity index (χ3n) is 2.06. The summed E-state index contributed by atoms with van der Waals surface area (Å²) in [5.74, 6) is 0.282. The van der Waals surface area contributed by atoms with Gasteiger partial charge in [-0.1, -0.05) is 24.3 Å². The van der Waals surface area contributed by atoms with E-state index >= 15 is 0 Å². The molecule has 0 amide bonds. The Morgan fingerprint density at radius 2 is 1.69 bits per heavy atom. The highest BCUT2D eigenvalue weighted by molar-refractivity contribution is 5.85. The third-order valence-corrected chi connectivity index (χ3v) is 2.06. The molecule has 0 saturated heterocycles.